The number of hydrogen-bond acceptors (Lipinski definition) is 2. The Morgan fingerprint density at radius 3 is 2.79 bits per heavy atom. The highest BCUT2D eigenvalue weighted by molar-refractivity contribution is 5.25. The van der Waals surface area contributed by atoms with E-state index in [2.05, 4.69) is 6.58 Å². The molecule has 2 nitrogen and oxygen atoms in total. The van der Waals surface area contributed by atoms with Gasteiger partial charge < -0.3 is 9.84 Å². The first-order valence-electron chi connectivity index (χ1n) is 3.99. The van der Waals surface area contributed by atoms with Crippen molar-refractivity contribution < 1.29 is 18.6 Å². The van der Waals surface area contributed by atoms with E-state index in [-0.39, 0.29) is 19.0 Å². The molecule has 0 aliphatic heterocycles. The zero-order chi connectivity index (χ0) is 10.6. The minimum atomic E-state index is -1.03. The molecule has 0 saturated carbocycles. The highest BCUT2D eigenvalue weighted by atomic mass is 19.2. The fourth-order valence-corrected chi connectivity index (χ4v) is 0.821. The third kappa shape index (κ3) is 2.53. The van der Waals surface area contributed by atoms with Gasteiger partial charge in [0, 0.05) is 0 Å². The minimum Gasteiger partial charge on any atom is -0.486 e. The van der Waals surface area contributed by atoms with Gasteiger partial charge in [-0.25, -0.2) is 4.39 Å². The Labute approximate surface area is 80.4 Å². The molecule has 0 radical (unpaired) electrons. The van der Waals surface area contributed by atoms with E-state index < -0.39 is 11.6 Å². The summed E-state index contributed by atoms with van der Waals surface area (Å²) in [6, 6.07) is 3.65. The zero-order valence-corrected chi connectivity index (χ0v) is 7.46. The average molecular weight is 200 g/mol. The van der Waals surface area contributed by atoms with E-state index in [9.17, 15) is 8.78 Å². The van der Waals surface area contributed by atoms with Gasteiger partial charge in [-0.05, 0) is 17.7 Å². The van der Waals surface area contributed by atoms with Gasteiger partial charge >= 0.3 is 0 Å². The first-order chi connectivity index (χ1) is 6.65. The van der Waals surface area contributed by atoms with Gasteiger partial charge in [-0.1, -0.05) is 12.6 Å². The van der Waals surface area contributed by atoms with Crippen molar-refractivity contribution >= 4 is 0 Å². The van der Waals surface area contributed by atoms with Gasteiger partial charge in [-0.2, -0.15) is 4.39 Å². The number of ether oxygens (including phenoxy) is 1. The number of benzene rings is 1. The summed E-state index contributed by atoms with van der Waals surface area (Å²) in [4.78, 5) is 0. The third-order valence-electron chi connectivity index (χ3n) is 1.57. The van der Waals surface area contributed by atoms with E-state index in [1.54, 1.807) is 0 Å². The molecule has 0 unspecified atom stereocenters. The van der Waals surface area contributed by atoms with E-state index in [0.717, 1.165) is 6.07 Å². The van der Waals surface area contributed by atoms with Crippen LogP contribution >= 0.6 is 0 Å². The number of halogens is 2. The van der Waals surface area contributed by atoms with Crippen LogP contribution in [0.2, 0.25) is 0 Å². The maximum atomic E-state index is 13.0. The molecular weight excluding hydrogens is 190 g/mol. The summed E-state index contributed by atoms with van der Waals surface area (Å²) in [7, 11) is 0. The molecule has 0 atom stereocenters. The molecule has 1 N–H and O–H groups in total. The highest BCUT2D eigenvalue weighted by Crippen LogP contribution is 2.19. The lowest BCUT2D eigenvalue weighted by atomic mass is 10.3. The van der Waals surface area contributed by atoms with Crippen molar-refractivity contribution in [2.45, 2.75) is 0 Å². The van der Waals surface area contributed by atoms with Crippen LogP contribution in [0.3, 0.4) is 0 Å². The predicted octanol–water partition coefficient (Wildman–Crippen LogP) is 1.89. The van der Waals surface area contributed by atoms with Gasteiger partial charge in [0.15, 0.2) is 11.6 Å². The molecule has 0 heterocycles. The number of rotatable bonds is 4. The molecule has 0 amide bonds. The Morgan fingerprint density at radius 1 is 1.43 bits per heavy atom. The Balaban J connectivity index is 2.68. The zero-order valence-electron chi connectivity index (χ0n) is 7.46. The third-order valence-corrected chi connectivity index (χ3v) is 1.57. The van der Waals surface area contributed by atoms with Gasteiger partial charge in [0.05, 0.1) is 6.61 Å². The molecule has 1 rings (SSSR count). The molecule has 0 bridgehead atoms. The summed E-state index contributed by atoms with van der Waals surface area (Å²) in [6.45, 7) is 3.18. The molecule has 1 aromatic carbocycles. The molecular formula is C10H10F2O2. The Morgan fingerprint density at radius 2 is 2.14 bits per heavy atom. The SMILES string of the molecule is C=C(CO)COc1cccc(F)c1F. The van der Waals surface area contributed by atoms with Crippen molar-refractivity contribution in [1.82, 2.24) is 0 Å². The second kappa shape index (κ2) is 4.72. The second-order valence-electron chi connectivity index (χ2n) is 2.75. The quantitative estimate of drug-likeness (QED) is 0.752. The molecule has 1 aromatic rings. The second-order valence-corrected chi connectivity index (χ2v) is 2.75. The first kappa shape index (κ1) is 10.7. The van der Waals surface area contributed by atoms with Crippen LogP contribution in [0, 0.1) is 11.6 Å². The van der Waals surface area contributed by atoms with E-state index in [1.807, 2.05) is 0 Å². The maximum Gasteiger partial charge on any atom is 0.200 e. The summed E-state index contributed by atoms with van der Waals surface area (Å²) in [5, 5.41) is 8.59. The van der Waals surface area contributed by atoms with Crippen LogP contribution in [-0.4, -0.2) is 18.3 Å². The summed E-state index contributed by atoms with van der Waals surface area (Å²) in [5.41, 5.74) is 0.397. The van der Waals surface area contributed by atoms with Crippen LogP contribution in [0.15, 0.2) is 30.4 Å². The molecule has 0 spiro atoms. The van der Waals surface area contributed by atoms with Gasteiger partial charge in [0.1, 0.15) is 6.61 Å². The molecule has 0 saturated heterocycles. The van der Waals surface area contributed by atoms with Crippen LogP contribution in [0.25, 0.3) is 0 Å². The molecule has 0 aliphatic rings. The van der Waals surface area contributed by atoms with Crippen molar-refractivity contribution in [2.75, 3.05) is 13.2 Å². The van der Waals surface area contributed by atoms with Crippen molar-refractivity contribution in [1.29, 1.82) is 0 Å². The smallest absolute Gasteiger partial charge is 0.200 e. The van der Waals surface area contributed by atoms with Crippen LogP contribution in [-0.2, 0) is 0 Å². The van der Waals surface area contributed by atoms with Crippen molar-refractivity contribution in [3.05, 3.63) is 42.0 Å². The molecule has 0 aromatic heterocycles. The summed E-state index contributed by atoms with van der Waals surface area (Å²) in [6.07, 6.45) is 0. The van der Waals surface area contributed by atoms with Gasteiger partial charge in [-0.3, -0.25) is 0 Å². The van der Waals surface area contributed by atoms with E-state index >= 15 is 0 Å². The fraction of sp³-hybridized carbons (Fsp3) is 0.200. The molecule has 76 valence electrons. The molecule has 4 heteroatoms. The predicted molar refractivity (Wildman–Crippen MR) is 48.1 cm³/mol. The average Bonchev–Trinajstić information content (AvgIpc) is 2.20. The number of hydrogen-bond donors (Lipinski definition) is 1. The summed E-state index contributed by atoms with van der Waals surface area (Å²) >= 11 is 0. The monoisotopic (exact) mass is 200 g/mol. The van der Waals surface area contributed by atoms with E-state index in [1.165, 1.54) is 12.1 Å². The summed E-state index contributed by atoms with van der Waals surface area (Å²) in [5.74, 6) is -2.17. The lowest BCUT2D eigenvalue weighted by Gasteiger charge is -2.07. The van der Waals surface area contributed by atoms with Gasteiger partial charge in [0.25, 0.3) is 0 Å². The maximum absolute atomic E-state index is 13.0. The standard InChI is InChI=1S/C10H10F2O2/c1-7(5-13)6-14-9-4-2-3-8(11)10(9)12/h2-4,13H,1,5-6H2. The van der Waals surface area contributed by atoms with Gasteiger partial charge in [0.2, 0.25) is 5.82 Å². The molecule has 0 fully saturated rings. The minimum absolute atomic E-state index is 0.0309. The van der Waals surface area contributed by atoms with Gasteiger partial charge in [-0.15, -0.1) is 0 Å². The largest absolute Gasteiger partial charge is 0.486 e. The van der Waals surface area contributed by atoms with Crippen LogP contribution < -0.4 is 4.74 Å². The first-order valence-corrected chi connectivity index (χ1v) is 3.99. The van der Waals surface area contributed by atoms with Crippen molar-refractivity contribution in [3.63, 3.8) is 0 Å². The molecule has 0 aliphatic carbocycles. The Bertz CT molecular complexity index is 337. The summed E-state index contributed by atoms with van der Waals surface area (Å²) < 4.78 is 30.5. The topological polar surface area (TPSA) is 29.5 Å². The van der Waals surface area contributed by atoms with Crippen LogP contribution in [0.4, 0.5) is 8.78 Å². The lowest BCUT2D eigenvalue weighted by molar-refractivity contribution is 0.279. The Hall–Kier alpha value is -1.42. The van der Waals surface area contributed by atoms with Crippen LogP contribution in [0.1, 0.15) is 0 Å². The van der Waals surface area contributed by atoms with Crippen molar-refractivity contribution in [3.8, 4) is 5.75 Å². The fourth-order valence-electron chi connectivity index (χ4n) is 0.821. The Kier molecular flexibility index (Phi) is 3.59. The van der Waals surface area contributed by atoms with Crippen molar-refractivity contribution in [2.24, 2.45) is 0 Å². The highest BCUT2D eigenvalue weighted by Gasteiger charge is 2.08. The van der Waals surface area contributed by atoms with E-state index in [0.29, 0.717) is 5.57 Å². The van der Waals surface area contributed by atoms with Crippen LogP contribution in [0.5, 0.6) is 5.75 Å². The molecule has 14 heavy (non-hydrogen) atoms. The lowest BCUT2D eigenvalue weighted by Crippen LogP contribution is -2.05. The number of aliphatic hydroxyl groups excluding tert-OH is 1. The van der Waals surface area contributed by atoms with E-state index in [4.69, 9.17) is 9.84 Å². The normalized spacial score (nSPS) is 9.93. The number of aliphatic hydroxyl groups is 1.